The third-order valence-corrected chi connectivity index (χ3v) is 16.8. The normalized spacial score (nSPS) is 12.0. The van der Waals surface area contributed by atoms with Crippen LogP contribution in [-0.4, -0.2) is 37.2 Å². The summed E-state index contributed by atoms with van der Waals surface area (Å²) in [5, 5.41) is 0. The van der Waals surface area contributed by atoms with Crippen LogP contribution in [0.2, 0.25) is 0 Å². The van der Waals surface area contributed by atoms with E-state index in [1.54, 1.807) is 0 Å². The molecule has 0 fully saturated rings. The lowest BCUT2D eigenvalue weighted by molar-refractivity contribution is -0.167. The molecule has 0 heterocycles. The highest BCUT2D eigenvalue weighted by atomic mass is 16.6. The number of esters is 3. The van der Waals surface area contributed by atoms with Crippen molar-refractivity contribution in [1.82, 2.24) is 0 Å². The van der Waals surface area contributed by atoms with Crippen LogP contribution in [0.5, 0.6) is 0 Å². The minimum atomic E-state index is -0.764. The Morgan fingerprint density at radius 3 is 0.633 bits per heavy atom. The van der Waals surface area contributed by atoms with Gasteiger partial charge in [-0.1, -0.05) is 367 Å². The minimum Gasteiger partial charge on any atom is -0.462 e. The fourth-order valence-electron chi connectivity index (χ4n) is 11.3. The van der Waals surface area contributed by atoms with Crippen molar-refractivity contribution in [3.05, 3.63) is 12.2 Å². The molecule has 0 bridgehead atoms. The molecule has 6 heteroatoms. The number of hydrogen-bond acceptors (Lipinski definition) is 6. The van der Waals surface area contributed by atoms with Gasteiger partial charge in [0, 0.05) is 19.3 Å². The molecule has 468 valence electrons. The Bertz CT molecular complexity index is 1230. The molecular formula is C73H140O6. The number of hydrogen-bond donors (Lipinski definition) is 0. The Kier molecular flexibility index (Phi) is 67.0. The molecule has 0 rings (SSSR count). The maximum Gasteiger partial charge on any atom is 0.306 e. The van der Waals surface area contributed by atoms with E-state index in [2.05, 4.69) is 32.9 Å². The predicted octanol–water partition coefficient (Wildman–Crippen LogP) is 24.8. The van der Waals surface area contributed by atoms with Crippen molar-refractivity contribution in [2.75, 3.05) is 13.2 Å². The molecule has 0 aliphatic rings. The fraction of sp³-hybridized carbons (Fsp3) is 0.932. The summed E-state index contributed by atoms with van der Waals surface area (Å²) < 4.78 is 17.0. The first kappa shape index (κ1) is 77.2. The molecule has 0 aromatic carbocycles. The number of unbranched alkanes of at least 4 members (excludes halogenated alkanes) is 55. The molecule has 0 saturated carbocycles. The molecule has 0 spiro atoms. The van der Waals surface area contributed by atoms with E-state index in [4.69, 9.17) is 14.2 Å². The average Bonchev–Trinajstić information content (AvgIpc) is 3.45. The van der Waals surface area contributed by atoms with E-state index in [0.717, 1.165) is 57.8 Å². The van der Waals surface area contributed by atoms with E-state index >= 15 is 0 Å². The summed E-state index contributed by atoms with van der Waals surface area (Å²) in [6.07, 6.45) is 82.6. The largest absolute Gasteiger partial charge is 0.462 e. The second-order valence-corrected chi connectivity index (χ2v) is 24.9. The van der Waals surface area contributed by atoms with Crippen molar-refractivity contribution in [1.29, 1.82) is 0 Å². The molecular weight excluding hydrogens is 973 g/mol. The molecule has 0 N–H and O–H groups in total. The lowest BCUT2D eigenvalue weighted by Crippen LogP contribution is -2.30. The summed E-state index contributed by atoms with van der Waals surface area (Å²) in [4.78, 5) is 38.3. The number of allylic oxidation sites excluding steroid dienone is 2. The smallest absolute Gasteiger partial charge is 0.306 e. The van der Waals surface area contributed by atoms with Gasteiger partial charge in [0.15, 0.2) is 6.10 Å². The van der Waals surface area contributed by atoms with Gasteiger partial charge in [-0.15, -0.1) is 0 Å². The van der Waals surface area contributed by atoms with Crippen molar-refractivity contribution in [3.63, 3.8) is 0 Å². The van der Waals surface area contributed by atoms with Crippen LogP contribution >= 0.6 is 0 Å². The van der Waals surface area contributed by atoms with Crippen molar-refractivity contribution in [2.45, 2.75) is 425 Å². The van der Waals surface area contributed by atoms with Gasteiger partial charge in [-0.3, -0.25) is 14.4 Å². The average molecular weight is 1110 g/mol. The van der Waals surface area contributed by atoms with Gasteiger partial charge in [-0.05, 0) is 44.9 Å². The van der Waals surface area contributed by atoms with Gasteiger partial charge in [-0.25, -0.2) is 0 Å². The molecule has 0 aliphatic carbocycles. The number of ether oxygens (including phenoxy) is 3. The highest BCUT2D eigenvalue weighted by Gasteiger charge is 2.19. The van der Waals surface area contributed by atoms with E-state index in [1.165, 1.54) is 321 Å². The molecule has 0 radical (unpaired) electrons. The van der Waals surface area contributed by atoms with Crippen LogP contribution in [0.15, 0.2) is 12.2 Å². The van der Waals surface area contributed by atoms with Crippen LogP contribution in [0.25, 0.3) is 0 Å². The Morgan fingerprint density at radius 1 is 0.241 bits per heavy atom. The zero-order valence-corrected chi connectivity index (χ0v) is 53.9. The molecule has 1 atom stereocenters. The lowest BCUT2D eigenvalue weighted by Gasteiger charge is -2.18. The predicted molar refractivity (Wildman–Crippen MR) is 344 cm³/mol. The second-order valence-electron chi connectivity index (χ2n) is 24.9. The fourth-order valence-corrected chi connectivity index (χ4v) is 11.3. The Balaban J connectivity index is 4.08. The summed E-state index contributed by atoms with van der Waals surface area (Å²) in [6, 6.07) is 0. The van der Waals surface area contributed by atoms with Gasteiger partial charge in [0.25, 0.3) is 0 Å². The number of carbonyl (C=O) groups excluding carboxylic acids is 3. The molecule has 0 aromatic heterocycles. The molecule has 0 amide bonds. The highest BCUT2D eigenvalue weighted by Crippen LogP contribution is 2.19. The van der Waals surface area contributed by atoms with Crippen molar-refractivity contribution in [2.24, 2.45) is 0 Å². The summed E-state index contributed by atoms with van der Waals surface area (Å²) in [7, 11) is 0. The maximum atomic E-state index is 12.9. The highest BCUT2D eigenvalue weighted by molar-refractivity contribution is 5.71. The van der Waals surface area contributed by atoms with Gasteiger partial charge in [0.05, 0.1) is 0 Å². The monoisotopic (exact) mass is 1110 g/mol. The Morgan fingerprint density at radius 2 is 0.418 bits per heavy atom. The van der Waals surface area contributed by atoms with E-state index in [9.17, 15) is 14.4 Å². The first-order valence-electron chi connectivity index (χ1n) is 36.2. The standard InChI is InChI=1S/C73H140O6/c1-4-7-10-13-16-19-22-24-26-28-30-31-32-33-34-35-36-37-38-39-40-41-43-44-46-48-51-54-57-60-63-66-72(75)78-69-70(68-77-71(74)65-62-59-56-53-50-21-18-15-12-9-6-3)79-73(76)67-64-61-58-55-52-49-47-45-42-29-27-25-23-20-17-14-11-8-5-2/h28,30,70H,4-27,29,31-69H2,1-3H3/b30-28-. The van der Waals surface area contributed by atoms with Gasteiger partial charge < -0.3 is 14.2 Å². The molecule has 6 nitrogen and oxygen atoms in total. The van der Waals surface area contributed by atoms with Crippen LogP contribution in [0.4, 0.5) is 0 Å². The van der Waals surface area contributed by atoms with E-state index in [1.807, 2.05) is 0 Å². The molecule has 79 heavy (non-hydrogen) atoms. The lowest BCUT2D eigenvalue weighted by atomic mass is 10.0. The van der Waals surface area contributed by atoms with Crippen LogP contribution in [0, 0.1) is 0 Å². The summed E-state index contributed by atoms with van der Waals surface area (Å²) >= 11 is 0. The van der Waals surface area contributed by atoms with Crippen molar-refractivity contribution in [3.8, 4) is 0 Å². The van der Waals surface area contributed by atoms with Crippen LogP contribution in [0.3, 0.4) is 0 Å². The van der Waals surface area contributed by atoms with Crippen LogP contribution in [0.1, 0.15) is 419 Å². The molecule has 0 aliphatic heterocycles. The second kappa shape index (κ2) is 68.6. The quantitative estimate of drug-likeness (QED) is 0.0261. The third-order valence-electron chi connectivity index (χ3n) is 16.8. The van der Waals surface area contributed by atoms with Crippen molar-refractivity contribution >= 4 is 17.9 Å². The number of carbonyl (C=O) groups is 3. The molecule has 1 unspecified atom stereocenters. The van der Waals surface area contributed by atoms with Gasteiger partial charge >= 0.3 is 17.9 Å². The SMILES string of the molecule is CCCCCCCCCC/C=C\CCCCCCCCCCCCCCCCCCCCCC(=O)OCC(COC(=O)CCCCCCCCCCCCC)OC(=O)CCCCCCCCCCCCCCCCCCCCC. The first-order valence-corrected chi connectivity index (χ1v) is 36.2. The van der Waals surface area contributed by atoms with E-state index < -0.39 is 6.10 Å². The third kappa shape index (κ3) is 66.8. The molecule has 0 saturated heterocycles. The zero-order valence-electron chi connectivity index (χ0n) is 53.9. The summed E-state index contributed by atoms with van der Waals surface area (Å²) in [6.45, 7) is 6.72. The van der Waals surface area contributed by atoms with Crippen molar-refractivity contribution < 1.29 is 28.6 Å². The number of rotatable bonds is 68. The first-order chi connectivity index (χ1) is 39.0. The van der Waals surface area contributed by atoms with Gasteiger partial charge in [-0.2, -0.15) is 0 Å². The summed E-state index contributed by atoms with van der Waals surface area (Å²) in [5.41, 5.74) is 0. The maximum absolute atomic E-state index is 12.9. The van der Waals surface area contributed by atoms with E-state index in [0.29, 0.717) is 19.3 Å². The topological polar surface area (TPSA) is 78.9 Å². The van der Waals surface area contributed by atoms with Gasteiger partial charge in [0.2, 0.25) is 0 Å². The zero-order chi connectivity index (χ0) is 57.1. The van der Waals surface area contributed by atoms with Crippen LogP contribution in [-0.2, 0) is 28.6 Å². The van der Waals surface area contributed by atoms with Gasteiger partial charge in [0.1, 0.15) is 13.2 Å². The minimum absolute atomic E-state index is 0.0620. The Hall–Kier alpha value is -1.85. The molecule has 0 aromatic rings. The van der Waals surface area contributed by atoms with Crippen LogP contribution < -0.4 is 0 Å². The summed E-state index contributed by atoms with van der Waals surface area (Å²) in [5.74, 6) is -0.827. The Labute approximate surface area is 494 Å². The van der Waals surface area contributed by atoms with E-state index in [-0.39, 0.29) is 31.1 Å².